The third kappa shape index (κ3) is 8.81. The first-order valence-electron chi connectivity index (χ1n) is 6.73. The predicted molar refractivity (Wildman–Crippen MR) is 80.1 cm³/mol. The molecule has 0 amide bonds. The van der Waals surface area contributed by atoms with E-state index in [1.807, 2.05) is 13.8 Å². The molecule has 0 saturated heterocycles. The van der Waals surface area contributed by atoms with Crippen LogP contribution in [0.5, 0.6) is 0 Å². The molecule has 7 heteroatoms. The molecule has 0 aliphatic heterocycles. The molecule has 19 heavy (non-hydrogen) atoms. The van der Waals surface area contributed by atoms with Crippen LogP contribution in [0.2, 0.25) is 0 Å². The smallest absolute Gasteiger partial charge is 0.213 e. The van der Waals surface area contributed by atoms with Gasteiger partial charge in [-0.05, 0) is 39.0 Å². The van der Waals surface area contributed by atoms with Crippen LogP contribution in [0.25, 0.3) is 0 Å². The van der Waals surface area contributed by atoms with E-state index < -0.39 is 10.0 Å². The van der Waals surface area contributed by atoms with Gasteiger partial charge in [-0.2, -0.15) is 0 Å². The highest BCUT2D eigenvalue weighted by molar-refractivity contribution is 7.89. The van der Waals surface area contributed by atoms with Crippen LogP contribution in [0.3, 0.4) is 0 Å². The molecule has 1 rings (SSSR count). The van der Waals surface area contributed by atoms with Crippen LogP contribution < -0.4 is 10.5 Å². The minimum absolute atomic E-state index is 0. The number of hydrogen-bond acceptors (Lipinski definition) is 4. The van der Waals surface area contributed by atoms with Crippen molar-refractivity contribution in [2.45, 2.75) is 51.7 Å². The van der Waals surface area contributed by atoms with Crippen LogP contribution in [-0.4, -0.2) is 39.5 Å². The molecule has 5 nitrogen and oxygen atoms in total. The van der Waals surface area contributed by atoms with E-state index >= 15 is 0 Å². The second-order valence-electron chi connectivity index (χ2n) is 5.38. The van der Waals surface area contributed by atoms with E-state index in [0.29, 0.717) is 12.5 Å². The minimum atomic E-state index is -3.21. The largest absolute Gasteiger partial charge is 0.378 e. The number of rotatable bonds is 7. The van der Waals surface area contributed by atoms with Crippen LogP contribution in [0.15, 0.2) is 0 Å². The highest BCUT2D eigenvalue weighted by atomic mass is 35.5. The van der Waals surface area contributed by atoms with Crippen LogP contribution in [-0.2, 0) is 14.8 Å². The van der Waals surface area contributed by atoms with E-state index in [1.165, 1.54) is 0 Å². The van der Waals surface area contributed by atoms with E-state index in [1.54, 1.807) is 0 Å². The zero-order valence-electron chi connectivity index (χ0n) is 11.8. The molecule has 1 aliphatic carbocycles. The number of nitrogens with one attached hydrogen (secondary N) is 1. The van der Waals surface area contributed by atoms with E-state index in [2.05, 4.69) is 4.72 Å². The molecule has 0 aromatic heterocycles. The Balaban J connectivity index is 0.00000324. The van der Waals surface area contributed by atoms with Crippen LogP contribution in [0.4, 0.5) is 0 Å². The predicted octanol–water partition coefficient (Wildman–Crippen LogP) is 1.27. The van der Waals surface area contributed by atoms with Gasteiger partial charge >= 0.3 is 0 Å². The van der Waals surface area contributed by atoms with Gasteiger partial charge in [0.2, 0.25) is 10.0 Å². The summed E-state index contributed by atoms with van der Waals surface area (Å²) in [5, 5.41) is 0. The fourth-order valence-corrected chi connectivity index (χ4v) is 3.18. The Labute approximate surface area is 123 Å². The van der Waals surface area contributed by atoms with Crippen molar-refractivity contribution in [1.29, 1.82) is 0 Å². The molecule has 1 fully saturated rings. The van der Waals surface area contributed by atoms with E-state index in [0.717, 1.165) is 25.7 Å². The summed E-state index contributed by atoms with van der Waals surface area (Å²) in [6.07, 6.45) is 4.22. The normalized spacial score (nSPS) is 24.2. The summed E-state index contributed by atoms with van der Waals surface area (Å²) >= 11 is 0. The number of sulfonamides is 1. The number of halogens is 1. The molecular formula is C12H27ClN2O3S. The van der Waals surface area contributed by atoms with Crippen molar-refractivity contribution >= 4 is 22.4 Å². The third-order valence-electron chi connectivity index (χ3n) is 3.22. The SMILES string of the molecule is CC(C)OCCS(=O)(=O)NCC1CCCC(N)C1.Cl. The molecule has 1 aliphatic rings. The van der Waals surface area contributed by atoms with E-state index in [9.17, 15) is 8.42 Å². The minimum Gasteiger partial charge on any atom is -0.378 e. The zero-order valence-corrected chi connectivity index (χ0v) is 13.4. The van der Waals surface area contributed by atoms with Crippen molar-refractivity contribution < 1.29 is 13.2 Å². The maximum absolute atomic E-state index is 11.7. The second-order valence-corrected chi connectivity index (χ2v) is 7.31. The Hall–Kier alpha value is 0.120. The third-order valence-corrected chi connectivity index (χ3v) is 4.53. The molecular weight excluding hydrogens is 288 g/mol. The first kappa shape index (κ1) is 19.1. The fraction of sp³-hybridized carbons (Fsp3) is 1.00. The number of nitrogens with two attached hydrogens (primary N) is 1. The van der Waals surface area contributed by atoms with Gasteiger partial charge < -0.3 is 10.5 Å². The first-order chi connectivity index (χ1) is 8.39. The quantitative estimate of drug-likeness (QED) is 0.741. The van der Waals surface area contributed by atoms with Gasteiger partial charge in [0.25, 0.3) is 0 Å². The topological polar surface area (TPSA) is 81.4 Å². The van der Waals surface area contributed by atoms with Crippen LogP contribution in [0.1, 0.15) is 39.5 Å². The lowest BCUT2D eigenvalue weighted by Gasteiger charge is -2.26. The Bertz CT molecular complexity index is 336. The molecule has 0 aromatic carbocycles. The van der Waals surface area contributed by atoms with E-state index in [-0.39, 0.29) is 36.9 Å². The van der Waals surface area contributed by atoms with Gasteiger partial charge in [-0.15, -0.1) is 12.4 Å². The molecule has 0 heterocycles. The number of ether oxygens (including phenoxy) is 1. The summed E-state index contributed by atoms with van der Waals surface area (Å²) in [6, 6.07) is 0.234. The van der Waals surface area contributed by atoms with Crippen molar-refractivity contribution in [3.05, 3.63) is 0 Å². The maximum Gasteiger partial charge on any atom is 0.213 e. The zero-order chi connectivity index (χ0) is 13.6. The molecule has 1 saturated carbocycles. The van der Waals surface area contributed by atoms with Gasteiger partial charge in [0, 0.05) is 12.6 Å². The Morgan fingerprint density at radius 1 is 1.37 bits per heavy atom. The van der Waals surface area contributed by atoms with Gasteiger partial charge in [-0.3, -0.25) is 0 Å². The van der Waals surface area contributed by atoms with Gasteiger partial charge in [0.1, 0.15) is 0 Å². The highest BCUT2D eigenvalue weighted by Gasteiger charge is 2.21. The average Bonchev–Trinajstić information content (AvgIpc) is 2.26. The van der Waals surface area contributed by atoms with Crippen molar-refractivity contribution in [2.75, 3.05) is 18.9 Å². The van der Waals surface area contributed by atoms with Gasteiger partial charge in [-0.1, -0.05) is 6.42 Å². The second kappa shape index (κ2) is 9.13. The van der Waals surface area contributed by atoms with Crippen LogP contribution in [0, 0.1) is 5.92 Å². The van der Waals surface area contributed by atoms with Gasteiger partial charge in [0.15, 0.2) is 0 Å². The monoisotopic (exact) mass is 314 g/mol. The lowest BCUT2D eigenvalue weighted by Crippen LogP contribution is -2.37. The Morgan fingerprint density at radius 2 is 2.05 bits per heavy atom. The van der Waals surface area contributed by atoms with Gasteiger partial charge in [0.05, 0.1) is 18.5 Å². The van der Waals surface area contributed by atoms with Crippen molar-refractivity contribution in [2.24, 2.45) is 11.7 Å². The summed E-state index contributed by atoms with van der Waals surface area (Å²) in [5.74, 6) is 0.416. The molecule has 2 atom stereocenters. The summed E-state index contributed by atoms with van der Waals surface area (Å²) in [7, 11) is -3.21. The molecule has 0 radical (unpaired) electrons. The highest BCUT2D eigenvalue weighted by Crippen LogP contribution is 2.22. The van der Waals surface area contributed by atoms with Crippen molar-refractivity contribution in [3.63, 3.8) is 0 Å². The fourth-order valence-electron chi connectivity index (χ4n) is 2.23. The molecule has 3 N–H and O–H groups in total. The van der Waals surface area contributed by atoms with Crippen molar-refractivity contribution in [3.8, 4) is 0 Å². The van der Waals surface area contributed by atoms with Crippen LogP contribution >= 0.6 is 12.4 Å². The lowest BCUT2D eigenvalue weighted by molar-refractivity contribution is 0.0911. The summed E-state index contributed by atoms with van der Waals surface area (Å²) < 4.78 is 31.3. The Morgan fingerprint density at radius 3 is 2.63 bits per heavy atom. The lowest BCUT2D eigenvalue weighted by atomic mass is 9.86. The maximum atomic E-state index is 11.7. The summed E-state index contributed by atoms with van der Waals surface area (Å²) in [5.41, 5.74) is 5.88. The first-order valence-corrected chi connectivity index (χ1v) is 8.39. The molecule has 116 valence electrons. The average molecular weight is 315 g/mol. The molecule has 2 unspecified atom stereocenters. The molecule has 0 bridgehead atoms. The van der Waals surface area contributed by atoms with Crippen molar-refractivity contribution in [1.82, 2.24) is 4.72 Å². The summed E-state index contributed by atoms with van der Waals surface area (Å²) in [6.45, 7) is 4.54. The summed E-state index contributed by atoms with van der Waals surface area (Å²) in [4.78, 5) is 0. The standard InChI is InChI=1S/C12H26N2O3S.ClH/c1-10(2)17-6-7-18(15,16)14-9-11-4-3-5-12(13)8-11;/h10-12,14H,3-9,13H2,1-2H3;1H. The molecule has 0 aromatic rings. The number of hydrogen-bond donors (Lipinski definition) is 2. The van der Waals surface area contributed by atoms with E-state index in [4.69, 9.17) is 10.5 Å². The van der Waals surface area contributed by atoms with Gasteiger partial charge in [-0.25, -0.2) is 13.1 Å². The Kier molecular flexibility index (Phi) is 9.19. The molecule has 0 spiro atoms.